The molecule has 1 unspecified atom stereocenters. The quantitative estimate of drug-likeness (QED) is 0.335. The summed E-state index contributed by atoms with van der Waals surface area (Å²) in [5.74, 6) is 0.137. The molecule has 0 radical (unpaired) electrons. The molecule has 0 bridgehead atoms. The summed E-state index contributed by atoms with van der Waals surface area (Å²) in [6.07, 6.45) is 4.71. The molecule has 0 aromatic heterocycles. The number of likely N-dealkylation sites (tertiary alicyclic amines) is 1. The number of rotatable bonds is 14. The van der Waals surface area contributed by atoms with Gasteiger partial charge in [-0.3, -0.25) is 4.79 Å². The van der Waals surface area contributed by atoms with Gasteiger partial charge in [0.1, 0.15) is 6.04 Å². The highest BCUT2D eigenvalue weighted by molar-refractivity contribution is 7.98. The third-order valence-electron chi connectivity index (χ3n) is 7.84. The van der Waals surface area contributed by atoms with Crippen LogP contribution in [-0.4, -0.2) is 87.9 Å². The minimum atomic E-state index is -3.62. The van der Waals surface area contributed by atoms with Gasteiger partial charge in [0.2, 0.25) is 15.9 Å². The minimum absolute atomic E-state index is 0.0852. The minimum Gasteiger partial charge on any atom is -0.467 e. The zero-order valence-corrected chi connectivity index (χ0v) is 25.7. The summed E-state index contributed by atoms with van der Waals surface area (Å²) in [6.45, 7) is 4.81. The van der Waals surface area contributed by atoms with Crippen LogP contribution in [0.1, 0.15) is 38.2 Å². The average Bonchev–Trinajstić information content (AvgIpc) is 2.98. The van der Waals surface area contributed by atoms with Gasteiger partial charge in [0.05, 0.1) is 12.0 Å². The van der Waals surface area contributed by atoms with E-state index in [9.17, 15) is 18.0 Å². The average molecular weight is 590 g/mol. The van der Waals surface area contributed by atoms with Crippen LogP contribution >= 0.6 is 11.8 Å². The Bertz CT molecular complexity index is 1190. The first-order valence-corrected chi connectivity index (χ1v) is 16.6. The van der Waals surface area contributed by atoms with Gasteiger partial charge in [0.25, 0.3) is 0 Å². The number of esters is 1. The molecule has 8 nitrogen and oxygen atoms in total. The van der Waals surface area contributed by atoms with Crippen molar-refractivity contribution in [1.29, 1.82) is 0 Å². The van der Waals surface area contributed by atoms with E-state index < -0.39 is 27.4 Å². The van der Waals surface area contributed by atoms with Crippen LogP contribution in [0.25, 0.3) is 0 Å². The molecule has 10 heteroatoms. The lowest BCUT2D eigenvalue weighted by molar-refractivity contribution is -0.145. The van der Waals surface area contributed by atoms with Crippen LogP contribution in [0.2, 0.25) is 0 Å². The fourth-order valence-corrected chi connectivity index (χ4v) is 7.03. The van der Waals surface area contributed by atoms with Gasteiger partial charge in [-0.15, -0.1) is 0 Å². The molecular weight excluding hydrogens is 546 g/mol. The third kappa shape index (κ3) is 8.55. The largest absolute Gasteiger partial charge is 0.467 e. The standard InChI is InChI=1S/C30H43N3O5S2/c1-30(25-11-7-5-8-12-25,23-32(2)40(36,37)26-13-9-6-10-14-26)18-21-33-19-15-24(16-20-33)28(34)31-27(17-22-39-4)29(35)38-3/h5-14,24,27H,15-23H2,1-4H3,(H,31,34)/t27?,30-/m1/s1. The van der Waals surface area contributed by atoms with E-state index in [4.69, 9.17) is 4.74 Å². The fraction of sp³-hybridized carbons (Fsp3) is 0.533. The highest BCUT2D eigenvalue weighted by atomic mass is 32.2. The van der Waals surface area contributed by atoms with E-state index in [0.717, 1.165) is 37.4 Å². The van der Waals surface area contributed by atoms with Crippen LogP contribution in [0.5, 0.6) is 0 Å². The second-order valence-electron chi connectivity index (χ2n) is 10.7. The predicted molar refractivity (Wildman–Crippen MR) is 161 cm³/mol. The Morgan fingerprint density at radius 2 is 1.70 bits per heavy atom. The smallest absolute Gasteiger partial charge is 0.328 e. The molecule has 40 heavy (non-hydrogen) atoms. The number of hydrogen-bond acceptors (Lipinski definition) is 7. The van der Waals surface area contributed by atoms with Crippen molar-refractivity contribution in [3.63, 3.8) is 0 Å². The molecule has 1 saturated heterocycles. The van der Waals surface area contributed by atoms with E-state index in [-0.39, 0.29) is 16.7 Å². The molecule has 2 atom stereocenters. The summed E-state index contributed by atoms with van der Waals surface area (Å²) in [5, 5.41) is 2.91. The van der Waals surface area contributed by atoms with Crippen molar-refractivity contribution < 1.29 is 22.7 Å². The predicted octanol–water partition coefficient (Wildman–Crippen LogP) is 3.78. The number of piperidine rings is 1. The lowest BCUT2D eigenvalue weighted by Crippen LogP contribution is -2.48. The number of ether oxygens (including phenoxy) is 1. The zero-order chi connectivity index (χ0) is 29.2. The molecule has 2 aromatic carbocycles. The van der Waals surface area contributed by atoms with Crippen molar-refractivity contribution in [1.82, 2.24) is 14.5 Å². The molecule has 1 heterocycles. The maximum atomic E-state index is 13.3. The number of likely N-dealkylation sites (N-methyl/N-ethyl adjacent to an activating group) is 1. The Morgan fingerprint density at radius 1 is 1.10 bits per heavy atom. The Labute approximate surface area is 243 Å². The highest BCUT2D eigenvalue weighted by Crippen LogP contribution is 2.31. The first-order chi connectivity index (χ1) is 19.1. The molecule has 1 aliphatic rings. The Balaban J connectivity index is 1.62. The van der Waals surface area contributed by atoms with Gasteiger partial charge in [0, 0.05) is 24.9 Å². The summed E-state index contributed by atoms with van der Waals surface area (Å²) in [6, 6.07) is 18.0. The van der Waals surface area contributed by atoms with E-state index in [1.807, 2.05) is 30.5 Å². The van der Waals surface area contributed by atoms with Crippen LogP contribution in [0, 0.1) is 5.92 Å². The first kappa shape index (κ1) is 32.1. The van der Waals surface area contributed by atoms with E-state index in [1.165, 1.54) is 11.4 Å². The number of nitrogens with zero attached hydrogens (tertiary/aromatic N) is 2. The summed E-state index contributed by atoms with van der Waals surface area (Å²) >= 11 is 1.63. The molecule has 2 aromatic rings. The topological polar surface area (TPSA) is 96.0 Å². The third-order valence-corrected chi connectivity index (χ3v) is 10.3. The number of benzene rings is 2. The van der Waals surface area contributed by atoms with Gasteiger partial charge in [0.15, 0.2) is 0 Å². The number of nitrogens with one attached hydrogen (secondary N) is 1. The highest BCUT2D eigenvalue weighted by Gasteiger charge is 2.34. The van der Waals surface area contributed by atoms with Gasteiger partial charge in [-0.1, -0.05) is 55.5 Å². The molecule has 220 valence electrons. The molecule has 1 N–H and O–H groups in total. The first-order valence-electron chi connectivity index (χ1n) is 13.8. The number of amides is 1. The lowest BCUT2D eigenvalue weighted by Gasteiger charge is -2.38. The number of hydrogen-bond donors (Lipinski definition) is 1. The second kappa shape index (κ2) is 15.0. The Kier molecular flexibility index (Phi) is 12.0. The summed E-state index contributed by atoms with van der Waals surface area (Å²) in [5.41, 5.74) is 0.690. The van der Waals surface area contributed by atoms with Crippen LogP contribution in [0.4, 0.5) is 0 Å². The summed E-state index contributed by atoms with van der Waals surface area (Å²) in [7, 11) is -0.632. The van der Waals surface area contributed by atoms with Gasteiger partial charge in [-0.2, -0.15) is 11.8 Å². The number of methoxy groups -OCH3 is 1. The Morgan fingerprint density at radius 3 is 2.27 bits per heavy atom. The molecule has 1 aliphatic heterocycles. The van der Waals surface area contributed by atoms with Crippen LogP contribution in [0.3, 0.4) is 0 Å². The van der Waals surface area contributed by atoms with Crippen molar-refractivity contribution in [2.24, 2.45) is 5.92 Å². The monoisotopic (exact) mass is 589 g/mol. The normalized spacial score (nSPS) is 17.2. The second-order valence-corrected chi connectivity index (χ2v) is 13.8. The maximum Gasteiger partial charge on any atom is 0.328 e. The van der Waals surface area contributed by atoms with Gasteiger partial charge < -0.3 is 15.0 Å². The molecule has 0 aliphatic carbocycles. The van der Waals surface area contributed by atoms with Crippen molar-refractivity contribution in [3.05, 3.63) is 66.2 Å². The SMILES string of the molecule is COC(=O)C(CCSC)NC(=O)C1CCN(CC[C@](C)(CN(C)S(=O)(=O)c2ccccc2)c2ccccc2)CC1. The molecular formula is C30H43N3O5S2. The van der Waals surface area contributed by atoms with E-state index in [2.05, 4.69) is 29.3 Å². The molecule has 1 fully saturated rings. The van der Waals surface area contributed by atoms with Gasteiger partial charge in [-0.25, -0.2) is 17.5 Å². The van der Waals surface area contributed by atoms with Crippen molar-refractivity contribution >= 4 is 33.7 Å². The van der Waals surface area contributed by atoms with Gasteiger partial charge in [-0.05, 0) is 75.0 Å². The number of carbonyl (C=O) groups is 2. The van der Waals surface area contributed by atoms with Crippen LogP contribution in [0.15, 0.2) is 65.6 Å². The van der Waals surface area contributed by atoms with Crippen molar-refractivity contribution in [2.75, 3.05) is 52.3 Å². The Hall–Kier alpha value is -2.40. The lowest BCUT2D eigenvalue weighted by atomic mass is 9.79. The van der Waals surface area contributed by atoms with Gasteiger partial charge >= 0.3 is 5.97 Å². The van der Waals surface area contributed by atoms with E-state index in [1.54, 1.807) is 43.1 Å². The van der Waals surface area contributed by atoms with E-state index >= 15 is 0 Å². The number of sulfonamides is 1. The molecule has 0 spiro atoms. The van der Waals surface area contributed by atoms with Crippen molar-refractivity contribution in [2.45, 2.75) is 49.0 Å². The summed E-state index contributed by atoms with van der Waals surface area (Å²) in [4.78, 5) is 27.7. The number of carbonyl (C=O) groups excluding carboxylic acids is 2. The molecule has 0 saturated carbocycles. The molecule has 1 amide bonds. The van der Waals surface area contributed by atoms with E-state index in [0.29, 0.717) is 25.8 Å². The fourth-order valence-electron chi connectivity index (χ4n) is 5.24. The maximum absolute atomic E-state index is 13.3. The number of thioether (sulfide) groups is 1. The zero-order valence-electron chi connectivity index (χ0n) is 24.0. The van der Waals surface area contributed by atoms with Crippen LogP contribution in [-0.2, 0) is 29.8 Å². The molecule has 3 rings (SSSR count). The van der Waals surface area contributed by atoms with Crippen LogP contribution < -0.4 is 5.32 Å². The summed E-state index contributed by atoms with van der Waals surface area (Å²) < 4.78 is 32.9. The van der Waals surface area contributed by atoms with Crippen molar-refractivity contribution in [3.8, 4) is 0 Å².